The number of fused-ring (bicyclic) bond motifs is 2. The number of carbonyl (C=O) groups is 1. The lowest BCUT2D eigenvalue weighted by atomic mass is 8.27. The van der Waals surface area contributed by atoms with Crippen molar-refractivity contribution in [3.05, 3.63) is 84.0 Å². The first-order chi connectivity index (χ1) is 39.0. The van der Waals surface area contributed by atoms with Crippen LogP contribution in [0.25, 0.3) is 0 Å². The number of hydrogen-bond acceptors (Lipinski definition) is 7. The summed E-state index contributed by atoms with van der Waals surface area (Å²) in [5.74, 6) is 0.0612. The van der Waals surface area contributed by atoms with E-state index in [1.54, 1.807) is 12.0 Å². The van der Waals surface area contributed by atoms with Gasteiger partial charge in [-0.05, 0) is 48.2 Å². The van der Waals surface area contributed by atoms with Crippen LogP contribution in [0.2, 0.25) is 0 Å². The second-order valence-corrected chi connectivity index (χ2v) is 22.2. The van der Waals surface area contributed by atoms with Gasteiger partial charge in [0.05, 0.1) is 50.2 Å². The van der Waals surface area contributed by atoms with E-state index < -0.39 is 121 Å². The number of ether oxygens (including phenoxy) is 1. The van der Waals surface area contributed by atoms with Crippen molar-refractivity contribution < 1.29 is 9.53 Å². The summed E-state index contributed by atoms with van der Waals surface area (Å²) in [6.07, 6.45) is -11.0. The molecule has 1 N–H and O–H groups in total. The van der Waals surface area contributed by atoms with Gasteiger partial charge in [-0.15, -0.1) is 0 Å². The average molecular weight is 1010 g/mol. The molecule has 2 aliphatic heterocycles. The Labute approximate surface area is 535 Å². The number of anilines is 4. The number of carbonyl (C=O) groups excluding carboxylic acids is 1. The van der Waals surface area contributed by atoms with Crippen LogP contribution in [0.5, 0.6) is 0 Å². The quantitative estimate of drug-likeness (QED) is 0.0568. The average Bonchev–Trinajstić information content (AvgIpc) is 4.19. The normalized spacial score (nSPS) is 11.5. The molecule has 2 aromatic heterocycles. The van der Waals surface area contributed by atoms with Crippen LogP contribution in [-0.4, -0.2) is 357 Å². The Kier molecular flexibility index (Phi) is 31.1. The van der Waals surface area contributed by atoms with E-state index in [1.807, 2.05) is 62.2 Å². The molecule has 0 saturated heterocycles. The van der Waals surface area contributed by atoms with E-state index in [1.165, 1.54) is 35.3 Å². The highest BCUT2D eigenvalue weighted by Gasteiger charge is 2.57. The summed E-state index contributed by atoms with van der Waals surface area (Å²) in [5.41, 5.74) is 9.57. The van der Waals surface area contributed by atoms with E-state index in [0.717, 1.165) is 56.1 Å². The summed E-state index contributed by atoms with van der Waals surface area (Å²) < 4.78 is 8.95. The highest BCUT2D eigenvalue weighted by Crippen LogP contribution is 2.34. The van der Waals surface area contributed by atoms with Crippen molar-refractivity contribution in [2.24, 2.45) is 14.1 Å². The van der Waals surface area contributed by atoms with E-state index in [9.17, 15) is 4.79 Å². The number of hydrogen-bond donors (Lipinski definition) is 1. The predicted octanol–water partition coefficient (Wildman–Crippen LogP) is -11.6. The molecule has 0 atom stereocenters. The van der Waals surface area contributed by atoms with E-state index >= 15 is 0 Å². The molecule has 2 aliphatic rings. The first kappa shape index (κ1) is 73.8. The number of imidazole rings is 2. The maximum atomic E-state index is 12.2. The lowest BCUT2D eigenvalue weighted by Crippen LogP contribution is -2.92. The first-order valence-electron chi connectivity index (χ1n) is 27.8. The fourth-order valence-electron chi connectivity index (χ4n) is 12.2. The largest absolute Gasteiger partial charge is 0.388 e. The Hall–Kier alpha value is -1.65. The van der Waals surface area contributed by atoms with Gasteiger partial charge in [0.25, 0.3) is 0 Å². The molecule has 83 heavy (non-hydrogen) atoms. The maximum Gasteiger partial charge on any atom is 0.229 e. The fourth-order valence-corrected chi connectivity index (χ4v) is 12.2. The third-order valence-corrected chi connectivity index (χ3v) is 16.2. The van der Waals surface area contributed by atoms with Crippen molar-refractivity contribution in [1.82, 2.24) is 19.1 Å². The predicted molar refractivity (Wildman–Crippen MR) is 404 cm³/mol. The summed E-state index contributed by atoms with van der Waals surface area (Å²) in [4.78, 5) is 27.4. The van der Waals surface area contributed by atoms with Gasteiger partial charge in [0, 0.05) is 374 Å². The highest BCUT2D eigenvalue weighted by molar-refractivity contribution is 8.32. The van der Waals surface area contributed by atoms with Crippen molar-refractivity contribution in [2.75, 3.05) is 60.9 Å². The zero-order valence-electron chi connectivity index (χ0n) is 49.0. The van der Waals surface area contributed by atoms with E-state index in [2.05, 4.69) is 61.6 Å². The standard InChI is InChI=1S/C18H24N4O2.C14H18N4.B41/c1-20-11-15(19-13-20)12-22-8-6-14-4-5-16(10-17(14)22)21(2)18(23)7-9-24-3;1-15-12-4-3-11-5-6-18(14(11)7-12)9-13-8-17(2)10-16-13;1-22-33(23(2)3)38(32(20)21)41(39(34(24(4)5)25(6)7)35(26(8)9)27(10)11)40(36(28(12)13)29(14)15)37(30(16)17)31(18)19/h4-5,10-11,13H,6-9,12H2,1-3H3;3-4,7-8,10,15H,5-6,9H2,1-2H3;. The lowest BCUT2D eigenvalue weighted by Gasteiger charge is -2.54. The van der Waals surface area contributed by atoms with Crippen molar-refractivity contribution in [1.29, 1.82) is 0 Å². The number of benzene rings is 2. The third kappa shape index (κ3) is 20.2. The molecule has 0 saturated carbocycles. The van der Waals surface area contributed by atoms with Gasteiger partial charge in [-0.25, -0.2) is 9.97 Å². The summed E-state index contributed by atoms with van der Waals surface area (Å²) in [6.45, 7) is 4.19. The van der Waals surface area contributed by atoms with E-state index in [0.29, 0.717) is 13.0 Å². The van der Waals surface area contributed by atoms with Crippen LogP contribution in [-0.2, 0) is 49.6 Å². The molecule has 0 aliphatic carbocycles. The Morgan fingerprint density at radius 2 is 0.940 bits per heavy atom. The van der Waals surface area contributed by atoms with Crippen LogP contribution in [0.1, 0.15) is 28.9 Å². The lowest BCUT2D eigenvalue weighted by molar-refractivity contribution is -0.119. The van der Waals surface area contributed by atoms with Gasteiger partial charge in [0.15, 0.2) is 0 Å². The SMILES string of the molecule is CNc1ccc2c(c1)N(Cc1cn(C)cn1)CC2.COCCC(=O)N(C)c1ccc2c(c1)N(Cc1cn(C)cn1)CC2.[B][B]B(B([B])[B])B(B([B])[B])B(B(B(B([B])[B])B([B])[B])B(B([B])[B])B([B])[B])B(B(B([B])[B])B([B])[B])B(B([B])[B])B([B])[B]. The second kappa shape index (κ2) is 34.9. The Balaban J connectivity index is 0.000000293. The molecule has 0 bridgehead atoms. The van der Waals surface area contributed by atoms with Crippen molar-refractivity contribution in [3.8, 4) is 0 Å². The molecular formula is C32H42B41N8O2. The topological polar surface area (TPSA) is 83.7 Å². The molecule has 0 fully saturated rings. The summed E-state index contributed by atoms with van der Waals surface area (Å²) in [7, 11) is 142. The summed E-state index contributed by atoms with van der Waals surface area (Å²) in [5, 5.41) is 3.20. The number of amides is 1. The van der Waals surface area contributed by atoms with E-state index in [-0.39, 0.29) is 5.91 Å². The number of rotatable bonds is 28. The van der Waals surface area contributed by atoms with Gasteiger partial charge in [0.2, 0.25) is 5.91 Å². The van der Waals surface area contributed by atoms with Crippen LogP contribution in [0.15, 0.2) is 61.4 Å². The van der Waals surface area contributed by atoms with Crippen LogP contribution in [0.4, 0.5) is 22.7 Å². The fraction of sp³-hybridized carbons (Fsp3) is 0.406. The summed E-state index contributed by atoms with van der Waals surface area (Å²) >= 11 is 0. The molecule has 0 unspecified atom stereocenters. The Morgan fingerprint density at radius 3 is 1.27 bits per heavy atom. The third-order valence-electron chi connectivity index (χ3n) is 16.2. The number of methoxy groups -OCH3 is 1. The minimum absolute atomic E-state index is 0.0612. The van der Waals surface area contributed by atoms with Gasteiger partial charge >= 0.3 is 0 Å². The van der Waals surface area contributed by atoms with Crippen LogP contribution in [0, 0.1) is 0 Å². The molecule has 2 aromatic carbocycles. The van der Waals surface area contributed by atoms with Gasteiger partial charge in [-0.1, -0.05) is 12.1 Å². The first-order valence-corrected chi connectivity index (χ1v) is 27.8. The van der Waals surface area contributed by atoms with Gasteiger partial charge in [0.1, 0.15) is 0 Å². The van der Waals surface area contributed by atoms with Crippen molar-refractivity contribution >= 4 is 320 Å². The van der Waals surface area contributed by atoms with Crippen molar-refractivity contribution in [3.63, 3.8) is 0 Å². The molecule has 10 nitrogen and oxygen atoms in total. The maximum absolute atomic E-state index is 12.2. The number of aryl methyl sites for hydroxylation is 2. The molecule has 43 radical (unpaired) electrons. The van der Waals surface area contributed by atoms with E-state index in [4.69, 9.17) is 167 Å². The molecule has 0 spiro atoms. The van der Waals surface area contributed by atoms with Gasteiger partial charge in [-0.3, -0.25) is 4.79 Å². The zero-order valence-corrected chi connectivity index (χ0v) is 49.0. The van der Waals surface area contributed by atoms with Crippen molar-refractivity contribution in [2.45, 2.75) is 32.4 Å². The summed E-state index contributed by atoms with van der Waals surface area (Å²) in [6, 6.07) is 12.8. The Morgan fingerprint density at radius 1 is 0.566 bits per heavy atom. The molecule has 6 rings (SSSR count). The molecule has 345 valence electrons. The number of aromatic nitrogens is 4. The highest BCUT2D eigenvalue weighted by atomic mass is 16.5. The second-order valence-electron chi connectivity index (χ2n) is 22.2. The molecule has 1 amide bonds. The monoisotopic (exact) mass is 1020 g/mol. The van der Waals surface area contributed by atoms with Crippen LogP contribution >= 0.6 is 0 Å². The molecule has 4 heterocycles. The van der Waals surface area contributed by atoms with Gasteiger partial charge in [-0.2, -0.15) is 0 Å². The Bertz CT molecular complexity index is 2450. The molecule has 51 heteroatoms. The minimum Gasteiger partial charge on any atom is -0.388 e. The van der Waals surface area contributed by atoms with Crippen LogP contribution < -0.4 is 20.0 Å². The molecule has 4 aromatic rings. The van der Waals surface area contributed by atoms with Gasteiger partial charge < -0.3 is 33.9 Å². The smallest absolute Gasteiger partial charge is 0.229 e. The zero-order chi connectivity index (χ0) is 62.3. The minimum atomic E-state index is -1.23. The number of nitrogens with one attached hydrogen (secondary N) is 1. The molecular weight excluding hydrogens is 972 g/mol. The number of nitrogens with zero attached hydrogens (tertiary/aromatic N) is 7. The van der Waals surface area contributed by atoms with Crippen LogP contribution in [0.3, 0.4) is 0 Å².